The fourth-order valence-electron chi connectivity index (χ4n) is 8.71. The number of hydrogen-bond acceptors (Lipinski definition) is 2. The number of hydrogen-bond donors (Lipinski definition) is 2. The van der Waals surface area contributed by atoms with Gasteiger partial charge in [-0.25, -0.2) is 0 Å². The lowest BCUT2D eigenvalue weighted by Gasteiger charge is -2.57. The zero-order chi connectivity index (χ0) is 21.2. The highest BCUT2D eigenvalue weighted by atomic mass is 19.4. The van der Waals surface area contributed by atoms with Gasteiger partial charge < -0.3 is 10.2 Å². The summed E-state index contributed by atoms with van der Waals surface area (Å²) in [5, 5.41) is 20.7. The second kappa shape index (κ2) is 7.39. The predicted molar refractivity (Wildman–Crippen MR) is 107 cm³/mol. The molecule has 2 nitrogen and oxygen atoms in total. The quantitative estimate of drug-likeness (QED) is 0.596. The van der Waals surface area contributed by atoms with E-state index in [1.165, 1.54) is 12.8 Å². The van der Waals surface area contributed by atoms with Crippen molar-refractivity contribution in [3.63, 3.8) is 0 Å². The fourth-order valence-corrected chi connectivity index (χ4v) is 8.71. The number of rotatable bonds is 3. The van der Waals surface area contributed by atoms with Crippen molar-refractivity contribution >= 4 is 0 Å². The normalized spacial score (nSPS) is 49.7. The average molecular weight is 417 g/mol. The van der Waals surface area contributed by atoms with Crippen LogP contribution in [0.25, 0.3) is 0 Å². The number of halogens is 3. The smallest absolute Gasteiger partial charge is 0.390 e. The first kappa shape index (κ1) is 21.9. The van der Waals surface area contributed by atoms with Crippen LogP contribution >= 0.6 is 0 Å². The second-order valence-electron chi connectivity index (χ2n) is 11.3. The van der Waals surface area contributed by atoms with Crippen molar-refractivity contribution in [1.82, 2.24) is 0 Å². The van der Waals surface area contributed by atoms with Gasteiger partial charge in [-0.2, -0.15) is 13.2 Å². The van der Waals surface area contributed by atoms with Gasteiger partial charge in [-0.15, -0.1) is 0 Å². The molecule has 5 heteroatoms. The monoisotopic (exact) mass is 416 g/mol. The standard InChI is InChI=1S/C24H39F3O2/c1-4-23(29)12-10-16-15(13-23)5-6-18-17(16)9-11-22(3)19(7-8-20(18)22)14(2)21(28)24(25,26)27/h14-21,28-29H,4-13H2,1-3H3/t14-,15+,16-,17+,18+,19+,20-,21-,22+,23+/m0/s1. The minimum atomic E-state index is -4.53. The minimum Gasteiger partial charge on any atom is -0.390 e. The molecule has 0 bridgehead atoms. The van der Waals surface area contributed by atoms with Crippen molar-refractivity contribution in [3.8, 4) is 0 Å². The SMILES string of the molecule is CC[C@@]1(O)CC[C@H]2[C@H](CC[C@@H]3[C@@H]2CC[C@]2(C)[C@@H]([C@H](C)[C@H](O)C(F)(F)F)CC[C@@H]32)C1. The van der Waals surface area contributed by atoms with Crippen LogP contribution in [-0.2, 0) is 0 Å². The molecule has 4 aliphatic carbocycles. The average Bonchev–Trinajstić information content (AvgIpc) is 3.03. The second-order valence-corrected chi connectivity index (χ2v) is 11.3. The van der Waals surface area contributed by atoms with Crippen LogP contribution in [0.15, 0.2) is 0 Å². The van der Waals surface area contributed by atoms with Crippen LogP contribution < -0.4 is 0 Å². The topological polar surface area (TPSA) is 40.5 Å². The number of alkyl halides is 3. The van der Waals surface area contributed by atoms with Gasteiger partial charge in [-0.3, -0.25) is 0 Å². The van der Waals surface area contributed by atoms with E-state index >= 15 is 0 Å². The molecule has 4 aliphatic rings. The third-order valence-electron chi connectivity index (χ3n) is 10.3. The molecule has 0 unspecified atom stereocenters. The highest BCUT2D eigenvalue weighted by molar-refractivity contribution is 5.08. The number of aliphatic hydroxyl groups excluding tert-OH is 1. The zero-order valence-corrected chi connectivity index (χ0v) is 18.2. The van der Waals surface area contributed by atoms with Gasteiger partial charge in [0, 0.05) is 0 Å². The van der Waals surface area contributed by atoms with Gasteiger partial charge in [0.1, 0.15) is 0 Å². The Morgan fingerprint density at radius 2 is 1.66 bits per heavy atom. The lowest BCUT2D eigenvalue weighted by molar-refractivity contribution is -0.227. The van der Waals surface area contributed by atoms with Gasteiger partial charge in [0.25, 0.3) is 0 Å². The van der Waals surface area contributed by atoms with Gasteiger partial charge in [-0.1, -0.05) is 20.8 Å². The maximum atomic E-state index is 13.2. The van der Waals surface area contributed by atoms with Crippen LogP contribution in [0, 0.1) is 46.8 Å². The molecule has 0 aromatic rings. The summed E-state index contributed by atoms with van der Waals surface area (Å²) in [7, 11) is 0. The molecule has 0 aromatic carbocycles. The predicted octanol–water partition coefficient (Wildman–Crippen LogP) is 5.96. The van der Waals surface area contributed by atoms with Gasteiger partial charge in [0.05, 0.1) is 5.60 Å². The Labute approximate surface area is 173 Å². The van der Waals surface area contributed by atoms with Gasteiger partial charge in [-0.05, 0) is 111 Å². The first-order chi connectivity index (χ1) is 13.5. The summed E-state index contributed by atoms with van der Waals surface area (Å²) in [6, 6.07) is 0. The minimum absolute atomic E-state index is 0.0423. The molecule has 2 N–H and O–H groups in total. The van der Waals surface area contributed by atoms with E-state index in [-0.39, 0.29) is 11.3 Å². The highest BCUT2D eigenvalue weighted by Gasteiger charge is 2.60. The molecule has 0 radical (unpaired) electrons. The summed E-state index contributed by atoms with van der Waals surface area (Å²) < 4.78 is 39.5. The molecule has 29 heavy (non-hydrogen) atoms. The van der Waals surface area contributed by atoms with Gasteiger partial charge in [0.15, 0.2) is 6.10 Å². The lowest BCUT2D eigenvalue weighted by Crippen LogP contribution is -2.52. The Balaban J connectivity index is 1.50. The van der Waals surface area contributed by atoms with Gasteiger partial charge >= 0.3 is 6.18 Å². The Bertz CT molecular complexity index is 607. The van der Waals surface area contributed by atoms with E-state index in [1.807, 2.05) is 0 Å². The molecule has 0 aliphatic heterocycles. The fraction of sp³-hybridized carbons (Fsp3) is 1.00. The van der Waals surface area contributed by atoms with Crippen molar-refractivity contribution in [1.29, 1.82) is 0 Å². The molecule has 0 aromatic heterocycles. The van der Waals surface area contributed by atoms with Crippen molar-refractivity contribution in [2.24, 2.45) is 46.8 Å². The Hall–Kier alpha value is -0.290. The first-order valence-electron chi connectivity index (χ1n) is 12.0. The molecular formula is C24H39F3O2. The van der Waals surface area contributed by atoms with E-state index in [9.17, 15) is 23.4 Å². The first-order valence-corrected chi connectivity index (χ1v) is 12.0. The summed E-state index contributed by atoms with van der Waals surface area (Å²) >= 11 is 0. The summed E-state index contributed by atoms with van der Waals surface area (Å²) in [5.74, 6) is 2.37. The van der Waals surface area contributed by atoms with E-state index in [1.54, 1.807) is 6.92 Å². The van der Waals surface area contributed by atoms with E-state index in [0.717, 1.165) is 51.4 Å². The highest BCUT2D eigenvalue weighted by Crippen LogP contribution is 2.66. The molecule has 168 valence electrons. The number of fused-ring (bicyclic) bond motifs is 5. The third kappa shape index (κ3) is 3.56. The molecule has 4 rings (SSSR count). The number of aliphatic hydroxyl groups is 2. The Kier molecular flexibility index (Phi) is 5.59. The zero-order valence-electron chi connectivity index (χ0n) is 18.2. The summed E-state index contributed by atoms with van der Waals surface area (Å²) in [5.41, 5.74) is -0.544. The Morgan fingerprint density at radius 3 is 2.31 bits per heavy atom. The summed E-state index contributed by atoms with van der Waals surface area (Å²) in [4.78, 5) is 0. The van der Waals surface area contributed by atoms with Crippen LogP contribution in [-0.4, -0.2) is 28.1 Å². The maximum absolute atomic E-state index is 13.2. The Morgan fingerprint density at radius 1 is 0.966 bits per heavy atom. The van der Waals surface area contributed by atoms with E-state index < -0.39 is 23.8 Å². The molecular weight excluding hydrogens is 377 g/mol. The van der Waals surface area contributed by atoms with E-state index in [2.05, 4.69) is 13.8 Å². The lowest BCUT2D eigenvalue weighted by atomic mass is 9.48. The molecule has 0 amide bonds. The maximum Gasteiger partial charge on any atom is 0.414 e. The van der Waals surface area contributed by atoms with Crippen molar-refractivity contribution in [2.75, 3.05) is 0 Å². The van der Waals surface area contributed by atoms with Gasteiger partial charge in [0.2, 0.25) is 0 Å². The summed E-state index contributed by atoms with van der Waals surface area (Å²) in [6.45, 7) is 5.94. The van der Waals surface area contributed by atoms with Crippen LogP contribution in [0.4, 0.5) is 13.2 Å². The largest absolute Gasteiger partial charge is 0.414 e. The molecule has 0 saturated heterocycles. The van der Waals surface area contributed by atoms with E-state index in [4.69, 9.17) is 0 Å². The van der Waals surface area contributed by atoms with Crippen molar-refractivity contribution < 1.29 is 23.4 Å². The van der Waals surface area contributed by atoms with Crippen LogP contribution in [0.2, 0.25) is 0 Å². The van der Waals surface area contributed by atoms with Crippen LogP contribution in [0.3, 0.4) is 0 Å². The molecule has 4 saturated carbocycles. The van der Waals surface area contributed by atoms with Crippen molar-refractivity contribution in [2.45, 2.75) is 103 Å². The van der Waals surface area contributed by atoms with Crippen LogP contribution in [0.1, 0.15) is 85.0 Å². The van der Waals surface area contributed by atoms with Crippen LogP contribution in [0.5, 0.6) is 0 Å². The van der Waals surface area contributed by atoms with E-state index in [0.29, 0.717) is 29.6 Å². The third-order valence-corrected chi connectivity index (χ3v) is 10.3. The summed E-state index contributed by atoms with van der Waals surface area (Å²) in [6.07, 6.45) is 3.39. The molecule has 0 heterocycles. The molecule has 10 atom stereocenters. The molecule has 0 spiro atoms. The molecule has 4 fully saturated rings. The van der Waals surface area contributed by atoms with Crippen molar-refractivity contribution in [3.05, 3.63) is 0 Å².